The zero-order valence-corrected chi connectivity index (χ0v) is 18.5. The number of aromatic hydroxyl groups is 1. The van der Waals surface area contributed by atoms with Crippen LogP contribution in [-0.2, 0) is 0 Å². The van der Waals surface area contributed by atoms with Crippen molar-refractivity contribution in [3.63, 3.8) is 0 Å². The maximum Gasteiger partial charge on any atom is 0.204 e. The highest BCUT2D eigenvalue weighted by molar-refractivity contribution is 9.10. The van der Waals surface area contributed by atoms with E-state index in [2.05, 4.69) is 27.8 Å². The van der Waals surface area contributed by atoms with Gasteiger partial charge >= 0.3 is 0 Å². The number of fused-ring (bicyclic) bond motifs is 1. The van der Waals surface area contributed by atoms with Crippen LogP contribution in [0.2, 0.25) is 0 Å². The minimum absolute atomic E-state index is 0.200. The quantitative estimate of drug-likeness (QED) is 0.549. The average molecular weight is 459 g/mol. The highest BCUT2D eigenvalue weighted by Crippen LogP contribution is 2.37. The number of hydrogen-bond acceptors (Lipinski definition) is 4. The topological polar surface area (TPSA) is 46.9 Å². The summed E-state index contributed by atoms with van der Waals surface area (Å²) in [6.07, 6.45) is 4.44. The summed E-state index contributed by atoms with van der Waals surface area (Å²) in [6, 6.07) is 11.6. The lowest BCUT2D eigenvalue weighted by atomic mass is 9.99. The molecule has 1 fully saturated rings. The summed E-state index contributed by atoms with van der Waals surface area (Å²) < 4.78 is 14.2. The van der Waals surface area contributed by atoms with E-state index in [9.17, 15) is 5.11 Å². The van der Waals surface area contributed by atoms with E-state index < -0.39 is 0 Å². The SMILES string of the molecule is COc1ccc(-n2cc3cccc(Br)c3c2O)cc1OCCN1CCC(C)CC1. The number of halogens is 1. The van der Waals surface area contributed by atoms with Crippen molar-refractivity contribution in [2.75, 3.05) is 33.4 Å². The molecule has 154 valence electrons. The zero-order valence-electron chi connectivity index (χ0n) is 16.9. The van der Waals surface area contributed by atoms with E-state index in [1.165, 1.54) is 12.8 Å². The van der Waals surface area contributed by atoms with E-state index in [0.717, 1.165) is 46.5 Å². The third-order valence-electron chi connectivity index (χ3n) is 5.73. The maximum atomic E-state index is 10.8. The van der Waals surface area contributed by atoms with Gasteiger partial charge in [-0.1, -0.05) is 19.1 Å². The lowest BCUT2D eigenvalue weighted by Gasteiger charge is -2.30. The van der Waals surface area contributed by atoms with Crippen molar-refractivity contribution in [1.82, 2.24) is 9.47 Å². The molecule has 1 aliphatic heterocycles. The molecular formula is C23H27BrN2O3. The summed E-state index contributed by atoms with van der Waals surface area (Å²) in [7, 11) is 1.65. The van der Waals surface area contributed by atoms with Gasteiger partial charge in [0.15, 0.2) is 11.5 Å². The molecule has 0 bridgehead atoms. The highest BCUT2D eigenvalue weighted by atomic mass is 79.9. The molecule has 0 saturated carbocycles. The van der Waals surface area contributed by atoms with Crippen molar-refractivity contribution < 1.29 is 14.6 Å². The first-order valence-corrected chi connectivity index (χ1v) is 10.9. The Morgan fingerprint density at radius 2 is 1.93 bits per heavy atom. The second-order valence-corrected chi connectivity index (χ2v) is 8.59. The van der Waals surface area contributed by atoms with Crippen LogP contribution in [-0.4, -0.2) is 47.9 Å². The Balaban J connectivity index is 1.54. The van der Waals surface area contributed by atoms with Crippen LogP contribution in [0.25, 0.3) is 16.5 Å². The summed E-state index contributed by atoms with van der Waals surface area (Å²) in [6.45, 7) is 6.12. The van der Waals surface area contributed by atoms with Crippen molar-refractivity contribution in [2.45, 2.75) is 19.8 Å². The number of likely N-dealkylation sites (tertiary alicyclic amines) is 1. The lowest BCUT2D eigenvalue weighted by molar-refractivity contribution is 0.158. The van der Waals surface area contributed by atoms with Crippen molar-refractivity contribution >= 4 is 26.7 Å². The van der Waals surface area contributed by atoms with Gasteiger partial charge < -0.3 is 14.6 Å². The minimum Gasteiger partial charge on any atom is -0.494 e. The third kappa shape index (κ3) is 4.23. The van der Waals surface area contributed by atoms with E-state index in [-0.39, 0.29) is 5.88 Å². The number of hydrogen-bond donors (Lipinski definition) is 1. The van der Waals surface area contributed by atoms with Crippen molar-refractivity contribution in [1.29, 1.82) is 0 Å². The van der Waals surface area contributed by atoms with Crippen LogP contribution in [0, 0.1) is 5.92 Å². The largest absolute Gasteiger partial charge is 0.494 e. The van der Waals surface area contributed by atoms with Crippen LogP contribution in [0.4, 0.5) is 0 Å². The highest BCUT2D eigenvalue weighted by Gasteiger charge is 2.17. The van der Waals surface area contributed by atoms with Crippen molar-refractivity contribution in [2.24, 2.45) is 5.92 Å². The van der Waals surface area contributed by atoms with Crippen LogP contribution in [0.3, 0.4) is 0 Å². The number of methoxy groups -OCH3 is 1. The Morgan fingerprint density at radius 3 is 2.66 bits per heavy atom. The Kier molecular flexibility index (Phi) is 6.01. The zero-order chi connectivity index (χ0) is 20.4. The van der Waals surface area contributed by atoms with Crippen LogP contribution < -0.4 is 9.47 Å². The Bertz CT molecular complexity index is 993. The molecule has 2 aromatic carbocycles. The number of rotatable bonds is 6. The number of piperidine rings is 1. The molecule has 6 heteroatoms. The summed E-state index contributed by atoms with van der Waals surface area (Å²) in [5.74, 6) is 2.41. The molecule has 0 amide bonds. The van der Waals surface area contributed by atoms with Gasteiger partial charge in [-0.25, -0.2) is 0 Å². The second kappa shape index (κ2) is 8.67. The summed E-state index contributed by atoms with van der Waals surface area (Å²) in [4.78, 5) is 2.46. The number of aromatic nitrogens is 1. The molecule has 5 nitrogen and oxygen atoms in total. The summed E-state index contributed by atoms with van der Waals surface area (Å²) in [5.41, 5.74) is 0.827. The molecule has 2 heterocycles. The maximum absolute atomic E-state index is 10.8. The van der Waals surface area contributed by atoms with E-state index in [0.29, 0.717) is 18.1 Å². The van der Waals surface area contributed by atoms with Gasteiger partial charge in [-0.05, 0) is 66.0 Å². The molecule has 1 saturated heterocycles. The fraction of sp³-hybridized carbons (Fsp3) is 0.391. The predicted octanol–water partition coefficient (Wildman–Crippen LogP) is 5.22. The fourth-order valence-electron chi connectivity index (χ4n) is 3.90. The third-order valence-corrected chi connectivity index (χ3v) is 6.39. The van der Waals surface area contributed by atoms with Crippen LogP contribution in [0.15, 0.2) is 47.1 Å². The number of nitrogens with zero attached hydrogens (tertiary/aromatic N) is 2. The van der Waals surface area contributed by atoms with E-state index in [4.69, 9.17) is 9.47 Å². The van der Waals surface area contributed by atoms with Crippen molar-refractivity contribution in [3.05, 3.63) is 47.1 Å². The Labute approximate surface area is 180 Å². The van der Waals surface area contributed by atoms with Gasteiger partial charge in [-0.2, -0.15) is 0 Å². The molecule has 0 aliphatic carbocycles. The van der Waals surface area contributed by atoms with Gasteiger partial charge in [0.05, 0.1) is 18.2 Å². The van der Waals surface area contributed by atoms with E-state index in [1.807, 2.05) is 42.6 Å². The number of benzene rings is 2. The molecule has 3 aromatic rings. The predicted molar refractivity (Wildman–Crippen MR) is 120 cm³/mol. The van der Waals surface area contributed by atoms with Crippen LogP contribution in [0.1, 0.15) is 19.8 Å². The molecule has 1 aliphatic rings. The minimum atomic E-state index is 0.200. The second-order valence-electron chi connectivity index (χ2n) is 7.73. The number of ether oxygens (including phenoxy) is 2. The van der Waals surface area contributed by atoms with Gasteiger partial charge in [0.1, 0.15) is 6.61 Å². The molecule has 1 N–H and O–H groups in total. The van der Waals surface area contributed by atoms with E-state index in [1.54, 1.807) is 11.7 Å². The molecule has 0 spiro atoms. The van der Waals surface area contributed by atoms with Crippen molar-refractivity contribution in [3.8, 4) is 23.1 Å². The lowest BCUT2D eigenvalue weighted by Crippen LogP contribution is -2.35. The van der Waals surface area contributed by atoms with Gasteiger partial charge in [0.2, 0.25) is 5.88 Å². The van der Waals surface area contributed by atoms with Gasteiger partial charge in [0.25, 0.3) is 0 Å². The molecule has 4 rings (SSSR count). The Hall–Kier alpha value is -2.18. The summed E-state index contributed by atoms with van der Waals surface area (Å²) in [5, 5.41) is 12.5. The van der Waals surface area contributed by atoms with Gasteiger partial charge in [0, 0.05) is 28.7 Å². The summed E-state index contributed by atoms with van der Waals surface area (Å²) >= 11 is 3.52. The van der Waals surface area contributed by atoms with Gasteiger partial charge in [-0.3, -0.25) is 9.47 Å². The smallest absolute Gasteiger partial charge is 0.204 e. The fourth-order valence-corrected chi connectivity index (χ4v) is 4.46. The standard InChI is InChI=1S/C23H27BrN2O3/c1-16-8-10-25(11-9-16)12-13-29-21-14-18(6-7-20(21)28-2)26-15-17-4-3-5-19(24)22(17)23(26)27/h3-7,14-16,27H,8-13H2,1-2H3. The molecule has 29 heavy (non-hydrogen) atoms. The molecular weight excluding hydrogens is 432 g/mol. The first-order chi connectivity index (χ1) is 14.1. The first kappa shape index (κ1) is 20.1. The van der Waals surface area contributed by atoms with E-state index >= 15 is 0 Å². The average Bonchev–Trinajstić information content (AvgIpc) is 3.07. The van der Waals surface area contributed by atoms with Crippen LogP contribution >= 0.6 is 15.9 Å². The van der Waals surface area contributed by atoms with Crippen LogP contribution in [0.5, 0.6) is 17.4 Å². The molecule has 0 radical (unpaired) electrons. The molecule has 0 atom stereocenters. The molecule has 1 aromatic heterocycles. The first-order valence-electron chi connectivity index (χ1n) is 10.1. The normalized spacial score (nSPS) is 15.7. The Morgan fingerprint density at radius 1 is 1.14 bits per heavy atom. The van der Waals surface area contributed by atoms with Gasteiger partial charge in [-0.15, -0.1) is 0 Å². The monoisotopic (exact) mass is 458 g/mol. The molecule has 0 unspecified atom stereocenters.